The van der Waals surface area contributed by atoms with Crippen molar-refractivity contribution in [3.63, 3.8) is 0 Å². The smallest absolute Gasteiger partial charge is 0.265 e. The normalized spacial score (nSPS) is 11.6. The standard InChI is InChI=1S/C13H17FN4O2S/c1-4-10-11(7-18(3)16-10)17-21(19,20)12-6-9(15)5-8(2)13(12)14/h5-7,17H,4,15H2,1-3H3. The Kier molecular flexibility index (Phi) is 3.91. The SMILES string of the molecule is CCc1nn(C)cc1NS(=O)(=O)c1cc(N)cc(C)c1F. The van der Waals surface area contributed by atoms with Crippen LogP contribution >= 0.6 is 0 Å². The molecule has 0 aliphatic carbocycles. The van der Waals surface area contributed by atoms with Gasteiger partial charge in [-0.1, -0.05) is 6.92 Å². The van der Waals surface area contributed by atoms with E-state index in [0.717, 1.165) is 6.07 Å². The molecule has 0 aliphatic rings. The first kappa shape index (κ1) is 15.3. The van der Waals surface area contributed by atoms with Crippen molar-refractivity contribution in [3.05, 3.63) is 35.4 Å². The Labute approximate surface area is 122 Å². The van der Waals surface area contributed by atoms with Gasteiger partial charge in [-0.2, -0.15) is 5.10 Å². The van der Waals surface area contributed by atoms with E-state index >= 15 is 0 Å². The monoisotopic (exact) mass is 312 g/mol. The van der Waals surface area contributed by atoms with E-state index in [1.807, 2.05) is 6.92 Å². The molecule has 114 valence electrons. The van der Waals surface area contributed by atoms with E-state index < -0.39 is 20.7 Å². The zero-order valence-corrected chi connectivity index (χ0v) is 12.8. The summed E-state index contributed by atoms with van der Waals surface area (Å²) < 4.78 is 42.7. The minimum Gasteiger partial charge on any atom is -0.399 e. The molecule has 1 aromatic heterocycles. The predicted octanol–water partition coefficient (Wildman–Crippen LogP) is 1.81. The number of nitrogen functional groups attached to an aromatic ring is 1. The molecule has 1 heterocycles. The van der Waals surface area contributed by atoms with E-state index in [4.69, 9.17) is 5.73 Å². The van der Waals surface area contributed by atoms with Crippen molar-refractivity contribution in [2.45, 2.75) is 25.2 Å². The summed E-state index contributed by atoms with van der Waals surface area (Å²) in [6.45, 7) is 3.32. The lowest BCUT2D eigenvalue weighted by Crippen LogP contribution is -2.16. The van der Waals surface area contributed by atoms with E-state index in [2.05, 4.69) is 9.82 Å². The Morgan fingerprint density at radius 1 is 1.43 bits per heavy atom. The highest BCUT2D eigenvalue weighted by Gasteiger charge is 2.23. The van der Waals surface area contributed by atoms with Crippen LogP contribution in [0.3, 0.4) is 0 Å². The van der Waals surface area contributed by atoms with Crippen molar-refractivity contribution in [1.82, 2.24) is 9.78 Å². The summed E-state index contributed by atoms with van der Waals surface area (Å²) in [6, 6.07) is 2.49. The molecule has 0 saturated carbocycles. The Morgan fingerprint density at radius 2 is 2.10 bits per heavy atom. The molecule has 0 radical (unpaired) electrons. The molecule has 2 aromatic rings. The second-order valence-electron chi connectivity index (χ2n) is 4.77. The van der Waals surface area contributed by atoms with Crippen molar-refractivity contribution in [3.8, 4) is 0 Å². The van der Waals surface area contributed by atoms with Gasteiger partial charge in [0.2, 0.25) is 0 Å². The fourth-order valence-electron chi connectivity index (χ4n) is 2.04. The summed E-state index contributed by atoms with van der Waals surface area (Å²) >= 11 is 0. The zero-order valence-electron chi connectivity index (χ0n) is 12.0. The van der Waals surface area contributed by atoms with E-state index in [-0.39, 0.29) is 11.3 Å². The van der Waals surface area contributed by atoms with Crippen LogP contribution in [-0.2, 0) is 23.5 Å². The van der Waals surface area contributed by atoms with Gasteiger partial charge in [-0.25, -0.2) is 12.8 Å². The van der Waals surface area contributed by atoms with Gasteiger partial charge in [0.05, 0.1) is 11.4 Å². The molecule has 2 rings (SSSR count). The van der Waals surface area contributed by atoms with Gasteiger partial charge in [-0.15, -0.1) is 0 Å². The lowest BCUT2D eigenvalue weighted by molar-refractivity contribution is 0.565. The molecule has 0 bridgehead atoms. The third-order valence-corrected chi connectivity index (χ3v) is 4.38. The van der Waals surface area contributed by atoms with Crippen molar-refractivity contribution in [2.24, 2.45) is 7.05 Å². The summed E-state index contributed by atoms with van der Waals surface area (Å²) in [7, 11) is -2.38. The third-order valence-electron chi connectivity index (χ3n) is 3.02. The number of anilines is 2. The number of rotatable bonds is 4. The van der Waals surface area contributed by atoms with Gasteiger partial charge in [0, 0.05) is 18.9 Å². The van der Waals surface area contributed by atoms with E-state index in [0.29, 0.717) is 17.8 Å². The van der Waals surface area contributed by atoms with E-state index in [1.165, 1.54) is 23.9 Å². The van der Waals surface area contributed by atoms with Crippen molar-refractivity contribution in [1.29, 1.82) is 0 Å². The molecule has 0 amide bonds. The second-order valence-corrected chi connectivity index (χ2v) is 6.42. The zero-order chi connectivity index (χ0) is 15.8. The average Bonchev–Trinajstić information content (AvgIpc) is 2.72. The molecule has 0 unspecified atom stereocenters. The van der Waals surface area contributed by atoms with Gasteiger partial charge < -0.3 is 5.73 Å². The molecule has 0 aliphatic heterocycles. The van der Waals surface area contributed by atoms with E-state index in [1.54, 1.807) is 7.05 Å². The maximum atomic E-state index is 14.1. The van der Waals surface area contributed by atoms with Crippen LogP contribution in [0.25, 0.3) is 0 Å². The molecule has 6 nitrogen and oxygen atoms in total. The average molecular weight is 312 g/mol. The molecule has 0 atom stereocenters. The number of sulfonamides is 1. The lowest BCUT2D eigenvalue weighted by Gasteiger charge is -2.10. The summed E-state index contributed by atoms with van der Waals surface area (Å²) in [5.74, 6) is -0.807. The van der Waals surface area contributed by atoms with Gasteiger partial charge in [0.25, 0.3) is 10.0 Å². The number of halogens is 1. The lowest BCUT2D eigenvalue weighted by atomic mass is 10.2. The molecule has 1 aromatic carbocycles. The molecular weight excluding hydrogens is 295 g/mol. The Hall–Kier alpha value is -2.09. The molecule has 8 heteroatoms. The van der Waals surface area contributed by atoms with E-state index in [9.17, 15) is 12.8 Å². The largest absolute Gasteiger partial charge is 0.399 e. The van der Waals surface area contributed by atoms with Crippen LogP contribution in [0.1, 0.15) is 18.2 Å². The maximum absolute atomic E-state index is 14.1. The summed E-state index contributed by atoms with van der Waals surface area (Å²) in [6.07, 6.45) is 2.09. The van der Waals surface area contributed by atoms with Crippen LogP contribution in [0.5, 0.6) is 0 Å². The van der Waals surface area contributed by atoms with Crippen LogP contribution in [-0.4, -0.2) is 18.2 Å². The van der Waals surface area contributed by atoms with Gasteiger partial charge in [0.15, 0.2) is 0 Å². The maximum Gasteiger partial charge on any atom is 0.265 e. The number of nitrogens with one attached hydrogen (secondary N) is 1. The highest BCUT2D eigenvalue weighted by Crippen LogP contribution is 2.25. The first-order valence-corrected chi connectivity index (χ1v) is 7.84. The van der Waals surface area contributed by atoms with Crippen LogP contribution < -0.4 is 10.5 Å². The van der Waals surface area contributed by atoms with Gasteiger partial charge >= 0.3 is 0 Å². The summed E-state index contributed by atoms with van der Waals surface area (Å²) in [4.78, 5) is -0.467. The summed E-state index contributed by atoms with van der Waals surface area (Å²) in [5, 5.41) is 4.14. The highest BCUT2D eigenvalue weighted by atomic mass is 32.2. The minimum atomic E-state index is -4.07. The molecule has 3 N–H and O–H groups in total. The Bertz CT molecular complexity index is 784. The number of nitrogens with zero attached hydrogens (tertiary/aromatic N) is 2. The molecule has 21 heavy (non-hydrogen) atoms. The van der Waals surface area contributed by atoms with Gasteiger partial charge in [0.1, 0.15) is 10.7 Å². The minimum absolute atomic E-state index is 0.178. The highest BCUT2D eigenvalue weighted by molar-refractivity contribution is 7.92. The van der Waals surface area contributed by atoms with Crippen molar-refractivity contribution in [2.75, 3.05) is 10.5 Å². The number of nitrogens with two attached hydrogens (primary N) is 1. The Balaban J connectivity index is 2.48. The van der Waals surface area contributed by atoms with Crippen LogP contribution in [0.15, 0.2) is 23.2 Å². The molecule has 0 fully saturated rings. The first-order chi connectivity index (χ1) is 9.74. The molecule has 0 spiro atoms. The van der Waals surface area contributed by atoms with Crippen molar-refractivity contribution >= 4 is 21.4 Å². The fraction of sp³-hybridized carbons (Fsp3) is 0.308. The van der Waals surface area contributed by atoms with Crippen LogP contribution in [0.4, 0.5) is 15.8 Å². The number of aryl methyl sites for hydroxylation is 3. The molecular formula is C13H17FN4O2S. The number of hydrogen-bond acceptors (Lipinski definition) is 4. The van der Waals surface area contributed by atoms with Crippen LogP contribution in [0.2, 0.25) is 0 Å². The van der Waals surface area contributed by atoms with Crippen LogP contribution in [0, 0.1) is 12.7 Å². The summed E-state index contributed by atoms with van der Waals surface area (Å²) in [5.41, 5.74) is 6.89. The topological polar surface area (TPSA) is 90.0 Å². The number of aromatic nitrogens is 2. The molecule has 0 saturated heterocycles. The fourth-order valence-corrected chi connectivity index (χ4v) is 3.30. The van der Waals surface area contributed by atoms with Gasteiger partial charge in [-0.3, -0.25) is 9.40 Å². The second kappa shape index (κ2) is 5.36. The third kappa shape index (κ3) is 2.99. The quantitative estimate of drug-likeness (QED) is 0.843. The number of hydrogen-bond donors (Lipinski definition) is 2. The van der Waals surface area contributed by atoms with Crippen molar-refractivity contribution < 1.29 is 12.8 Å². The Morgan fingerprint density at radius 3 is 2.71 bits per heavy atom. The predicted molar refractivity (Wildman–Crippen MR) is 78.9 cm³/mol. The van der Waals surface area contributed by atoms with Gasteiger partial charge in [-0.05, 0) is 31.0 Å². The number of benzene rings is 1. The first-order valence-electron chi connectivity index (χ1n) is 6.35.